The number of hydrogen-bond donors (Lipinski definition) is 3. The molecule has 7 nitrogen and oxygen atoms in total. The summed E-state index contributed by atoms with van der Waals surface area (Å²) in [5.74, 6) is -0.159. The van der Waals surface area contributed by atoms with Gasteiger partial charge in [0.25, 0.3) is 5.91 Å². The Morgan fingerprint density at radius 3 is 2.52 bits per heavy atom. The maximum atomic E-state index is 11.8. The van der Waals surface area contributed by atoms with Crippen molar-refractivity contribution in [3.8, 4) is 0 Å². The van der Waals surface area contributed by atoms with Crippen molar-refractivity contribution in [3.05, 3.63) is 35.4 Å². The molecule has 0 bridgehead atoms. The molecular weight excluding hydrogens is 274 g/mol. The average Bonchev–Trinajstić information content (AvgIpc) is 2.53. The molecule has 21 heavy (non-hydrogen) atoms. The van der Waals surface area contributed by atoms with Crippen molar-refractivity contribution in [2.24, 2.45) is 10.9 Å². The number of rotatable bonds is 9. The van der Waals surface area contributed by atoms with Gasteiger partial charge in [-0.15, -0.1) is 0 Å². The Morgan fingerprint density at radius 2 is 1.90 bits per heavy atom. The summed E-state index contributed by atoms with van der Waals surface area (Å²) in [5.41, 5.74) is 6.52. The molecule has 4 N–H and O–H groups in total. The second kappa shape index (κ2) is 9.73. The first-order valence-electron chi connectivity index (χ1n) is 6.62. The predicted molar refractivity (Wildman–Crippen MR) is 78.6 cm³/mol. The van der Waals surface area contributed by atoms with Gasteiger partial charge in [-0.3, -0.25) is 4.79 Å². The number of ether oxygens (including phenoxy) is 2. The fraction of sp³-hybridized carbons (Fsp3) is 0.429. The van der Waals surface area contributed by atoms with Crippen LogP contribution in [-0.2, 0) is 9.47 Å². The van der Waals surface area contributed by atoms with E-state index in [1.807, 2.05) is 0 Å². The number of nitrogens with zero attached hydrogens (tertiary/aromatic N) is 1. The molecule has 1 rings (SSSR count). The van der Waals surface area contributed by atoms with Crippen LogP contribution in [0, 0.1) is 0 Å². The fourth-order valence-electron chi connectivity index (χ4n) is 1.57. The highest BCUT2D eigenvalue weighted by Gasteiger charge is 2.05. The predicted octanol–water partition coefficient (Wildman–Crippen LogP) is 0.564. The number of methoxy groups -OCH3 is 1. The van der Waals surface area contributed by atoms with E-state index >= 15 is 0 Å². The van der Waals surface area contributed by atoms with Crippen LogP contribution in [0.15, 0.2) is 29.4 Å². The van der Waals surface area contributed by atoms with Gasteiger partial charge in [0.2, 0.25) is 0 Å². The van der Waals surface area contributed by atoms with E-state index in [2.05, 4.69) is 10.5 Å². The van der Waals surface area contributed by atoms with Gasteiger partial charge >= 0.3 is 0 Å². The zero-order valence-corrected chi connectivity index (χ0v) is 12.0. The van der Waals surface area contributed by atoms with Crippen molar-refractivity contribution in [1.82, 2.24) is 5.32 Å². The molecule has 0 aliphatic heterocycles. The summed E-state index contributed by atoms with van der Waals surface area (Å²) < 4.78 is 10.1. The molecule has 0 aromatic heterocycles. The smallest absolute Gasteiger partial charge is 0.251 e. The Balaban J connectivity index is 2.29. The first kappa shape index (κ1) is 16.9. The number of oxime groups is 1. The Hall–Kier alpha value is -2.12. The zero-order chi connectivity index (χ0) is 15.5. The summed E-state index contributed by atoms with van der Waals surface area (Å²) in [7, 11) is 1.62. The van der Waals surface area contributed by atoms with Crippen LogP contribution in [0.3, 0.4) is 0 Å². The summed E-state index contributed by atoms with van der Waals surface area (Å²) in [4.78, 5) is 11.8. The highest BCUT2D eigenvalue weighted by Crippen LogP contribution is 2.04. The summed E-state index contributed by atoms with van der Waals surface area (Å²) in [6.07, 6.45) is 0.734. The van der Waals surface area contributed by atoms with Crippen LogP contribution in [0.25, 0.3) is 0 Å². The van der Waals surface area contributed by atoms with E-state index in [-0.39, 0.29) is 11.7 Å². The van der Waals surface area contributed by atoms with E-state index in [9.17, 15) is 4.79 Å². The third kappa shape index (κ3) is 6.24. The maximum absolute atomic E-state index is 11.8. The highest BCUT2D eigenvalue weighted by molar-refractivity contribution is 5.99. The van der Waals surface area contributed by atoms with Gasteiger partial charge < -0.3 is 25.7 Å². The molecular formula is C14H21N3O4. The lowest BCUT2D eigenvalue weighted by molar-refractivity contribution is 0.0688. The molecule has 116 valence electrons. The molecule has 0 heterocycles. The van der Waals surface area contributed by atoms with Gasteiger partial charge in [0.1, 0.15) is 0 Å². The second-order valence-electron chi connectivity index (χ2n) is 4.28. The number of amides is 1. The topological polar surface area (TPSA) is 106 Å². The summed E-state index contributed by atoms with van der Waals surface area (Å²) in [6.45, 7) is 2.23. The third-order valence-corrected chi connectivity index (χ3v) is 2.73. The van der Waals surface area contributed by atoms with E-state index in [1.165, 1.54) is 0 Å². The van der Waals surface area contributed by atoms with Crippen molar-refractivity contribution >= 4 is 11.7 Å². The van der Waals surface area contributed by atoms with Gasteiger partial charge in [-0.2, -0.15) is 0 Å². The molecule has 0 fully saturated rings. The van der Waals surface area contributed by atoms with Crippen LogP contribution in [0.5, 0.6) is 0 Å². The van der Waals surface area contributed by atoms with Gasteiger partial charge in [-0.05, 0) is 18.6 Å². The summed E-state index contributed by atoms with van der Waals surface area (Å²) in [5, 5.41) is 14.2. The molecule has 1 aromatic rings. The van der Waals surface area contributed by atoms with Crippen LogP contribution in [0.1, 0.15) is 22.3 Å². The number of hydrogen-bond acceptors (Lipinski definition) is 5. The van der Waals surface area contributed by atoms with Crippen molar-refractivity contribution in [3.63, 3.8) is 0 Å². The fourth-order valence-corrected chi connectivity index (χ4v) is 1.57. The monoisotopic (exact) mass is 295 g/mol. The van der Waals surface area contributed by atoms with Crippen molar-refractivity contribution < 1.29 is 19.5 Å². The molecule has 0 unspecified atom stereocenters. The first-order valence-corrected chi connectivity index (χ1v) is 6.62. The number of amidine groups is 1. The molecule has 1 amide bonds. The lowest BCUT2D eigenvalue weighted by Gasteiger charge is -2.06. The molecule has 0 spiro atoms. The van der Waals surface area contributed by atoms with Gasteiger partial charge in [0.15, 0.2) is 5.84 Å². The van der Waals surface area contributed by atoms with Gasteiger partial charge in [-0.25, -0.2) is 0 Å². The largest absolute Gasteiger partial charge is 0.409 e. The SMILES string of the molecule is COCCOCCCNC(=O)c1ccc(/C(N)=N/O)cc1. The molecule has 7 heteroatoms. The number of nitrogens with two attached hydrogens (primary N) is 1. The molecule has 1 aromatic carbocycles. The normalized spacial score (nSPS) is 11.4. The molecule has 0 aliphatic rings. The summed E-state index contributed by atoms with van der Waals surface area (Å²) >= 11 is 0. The standard InChI is InChI=1S/C14H21N3O4/c1-20-9-10-21-8-2-7-16-14(18)12-5-3-11(4-6-12)13(15)17-19/h3-6,19H,2,7-10H2,1H3,(H2,15,17)(H,16,18). The van der Waals surface area contributed by atoms with E-state index in [4.69, 9.17) is 20.4 Å². The first-order chi connectivity index (χ1) is 10.2. The van der Waals surface area contributed by atoms with Crippen LogP contribution < -0.4 is 11.1 Å². The van der Waals surface area contributed by atoms with E-state index in [1.54, 1.807) is 31.4 Å². The zero-order valence-electron chi connectivity index (χ0n) is 12.0. The van der Waals surface area contributed by atoms with Crippen LogP contribution in [-0.4, -0.2) is 50.4 Å². The van der Waals surface area contributed by atoms with Crippen LogP contribution in [0.4, 0.5) is 0 Å². The lowest BCUT2D eigenvalue weighted by Crippen LogP contribution is -2.25. The highest BCUT2D eigenvalue weighted by atomic mass is 16.5. The Labute approximate surface area is 123 Å². The molecule has 0 radical (unpaired) electrons. The Kier molecular flexibility index (Phi) is 7.85. The quantitative estimate of drug-likeness (QED) is 0.203. The van der Waals surface area contributed by atoms with Crippen molar-refractivity contribution in [2.75, 3.05) is 33.5 Å². The number of nitrogens with one attached hydrogen (secondary N) is 1. The van der Waals surface area contributed by atoms with E-state index < -0.39 is 0 Å². The molecule has 0 aliphatic carbocycles. The molecule has 0 atom stereocenters. The van der Waals surface area contributed by atoms with E-state index in [0.717, 1.165) is 6.42 Å². The average molecular weight is 295 g/mol. The van der Waals surface area contributed by atoms with Crippen molar-refractivity contribution in [2.45, 2.75) is 6.42 Å². The van der Waals surface area contributed by atoms with Gasteiger partial charge in [0.05, 0.1) is 13.2 Å². The summed E-state index contributed by atoms with van der Waals surface area (Å²) in [6, 6.07) is 6.49. The second-order valence-corrected chi connectivity index (χ2v) is 4.28. The Morgan fingerprint density at radius 1 is 1.24 bits per heavy atom. The minimum Gasteiger partial charge on any atom is -0.409 e. The van der Waals surface area contributed by atoms with Crippen LogP contribution in [0.2, 0.25) is 0 Å². The minimum absolute atomic E-state index is 0.00941. The number of benzene rings is 1. The molecule has 0 saturated carbocycles. The van der Waals surface area contributed by atoms with Gasteiger partial charge in [0, 0.05) is 31.4 Å². The third-order valence-electron chi connectivity index (χ3n) is 2.73. The number of carbonyl (C=O) groups is 1. The van der Waals surface area contributed by atoms with Crippen molar-refractivity contribution in [1.29, 1.82) is 0 Å². The Bertz CT molecular complexity index is 460. The number of carbonyl (C=O) groups excluding carboxylic acids is 1. The minimum atomic E-state index is -0.169. The van der Waals surface area contributed by atoms with E-state index in [0.29, 0.717) is 37.5 Å². The van der Waals surface area contributed by atoms with Crippen LogP contribution >= 0.6 is 0 Å². The lowest BCUT2D eigenvalue weighted by atomic mass is 10.1. The van der Waals surface area contributed by atoms with Gasteiger partial charge in [-0.1, -0.05) is 17.3 Å². The molecule has 0 saturated heterocycles. The maximum Gasteiger partial charge on any atom is 0.251 e.